The van der Waals surface area contributed by atoms with Crippen LogP contribution in [-0.2, 0) is 4.79 Å². The van der Waals surface area contributed by atoms with Gasteiger partial charge in [0.25, 0.3) is 0 Å². The standard InChI is InChI=1S/C21H26N2O2/c1-14-7-9-17(16(3)12-14)20(18-10-8-15(2)13-22-18)23-11-5-4-6-19(23)21(24)25/h7-10,12-13,19-20H,4-6,11H2,1-3H3,(H,24,25). The van der Waals surface area contributed by atoms with Crippen molar-refractivity contribution in [2.75, 3.05) is 6.54 Å². The minimum absolute atomic E-state index is 0.123. The van der Waals surface area contributed by atoms with Gasteiger partial charge in [0.05, 0.1) is 11.7 Å². The number of benzene rings is 1. The summed E-state index contributed by atoms with van der Waals surface area (Å²) in [5, 5.41) is 9.75. The number of hydrogen-bond donors (Lipinski definition) is 1. The minimum atomic E-state index is -0.735. The molecule has 2 unspecified atom stereocenters. The third-order valence-electron chi connectivity index (χ3n) is 5.10. The van der Waals surface area contributed by atoms with E-state index in [1.807, 2.05) is 19.2 Å². The molecule has 0 aliphatic carbocycles. The topological polar surface area (TPSA) is 53.4 Å². The van der Waals surface area contributed by atoms with Crippen molar-refractivity contribution in [1.29, 1.82) is 0 Å². The molecule has 1 fully saturated rings. The minimum Gasteiger partial charge on any atom is -0.480 e. The van der Waals surface area contributed by atoms with Crippen LogP contribution >= 0.6 is 0 Å². The van der Waals surface area contributed by atoms with Crippen LogP contribution in [0.4, 0.5) is 0 Å². The van der Waals surface area contributed by atoms with Crippen molar-refractivity contribution in [3.63, 3.8) is 0 Å². The molecule has 1 N–H and O–H groups in total. The second-order valence-electron chi connectivity index (χ2n) is 7.11. The average Bonchev–Trinajstić information content (AvgIpc) is 2.59. The molecule has 1 aromatic heterocycles. The number of carboxylic acid groups (broad SMARTS) is 1. The van der Waals surface area contributed by atoms with Gasteiger partial charge in [-0.25, -0.2) is 0 Å². The van der Waals surface area contributed by atoms with Crippen LogP contribution in [-0.4, -0.2) is 33.5 Å². The van der Waals surface area contributed by atoms with Crippen molar-refractivity contribution in [3.05, 3.63) is 64.5 Å². The van der Waals surface area contributed by atoms with E-state index in [2.05, 4.69) is 48.0 Å². The summed E-state index contributed by atoms with van der Waals surface area (Å²) >= 11 is 0. The van der Waals surface area contributed by atoms with Gasteiger partial charge in [0, 0.05) is 6.20 Å². The quantitative estimate of drug-likeness (QED) is 0.914. The first-order valence-corrected chi connectivity index (χ1v) is 8.95. The Balaban J connectivity index is 2.10. The van der Waals surface area contributed by atoms with Crippen LogP contribution in [0, 0.1) is 20.8 Å². The van der Waals surface area contributed by atoms with E-state index in [0.717, 1.165) is 36.2 Å². The molecule has 4 nitrogen and oxygen atoms in total. The predicted molar refractivity (Wildman–Crippen MR) is 98.7 cm³/mol. The summed E-state index contributed by atoms with van der Waals surface area (Å²) in [5.74, 6) is -0.735. The SMILES string of the molecule is Cc1ccc(C(c2ccc(C)cc2C)N2CCCCC2C(=O)O)nc1. The van der Waals surface area contributed by atoms with E-state index < -0.39 is 12.0 Å². The van der Waals surface area contributed by atoms with E-state index >= 15 is 0 Å². The summed E-state index contributed by atoms with van der Waals surface area (Å²) < 4.78 is 0. The molecule has 2 atom stereocenters. The van der Waals surface area contributed by atoms with Gasteiger partial charge in [0.1, 0.15) is 6.04 Å². The Bertz CT molecular complexity index is 755. The Morgan fingerprint density at radius 2 is 1.92 bits per heavy atom. The molecule has 1 aromatic carbocycles. The lowest BCUT2D eigenvalue weighted by molar-refractivity contribution is -0.145. The average molecular weight is 338 g/mol. The van der Waals surface area contributed by atoms with Crippen molar-refractivity contribution < 1.29 is 9.90 Å². The zero-order chi connectivity index (χ0) is 18.0. The van der Waals surface area contributed by atoms with Gasteiger partial charge in [-0.2, -0.15) is 0 Å². The van der Waals surface area contributed by atoms with Crippen molar-refractivity contribution in [1.82, 2.24) is 9.88 Å². The zero-order valence-corrected chi connectivity index (χ0v) is 15.2. The second-order valence-corrected chi connectivity index (χ2v) is 7.11. The van der Waals surface area contributed by atoms with E-state index in [9.17, 15) is 9.90 Å². The molecule has 3 rings (SSSR count). The Kier molecular flexibility index (Phi) is 5.19. The first kappa shape index (κ1) is 17.6. The Morgan fingerprint density at radius 3 is 2.56 bits per heavy atom. The molecule has 0 spiro atoms. The monoisotopic (exact) mass is 338 g/mol. The lowest BCUT2D eigenvalue weighted by atomic mass is 9.91. The van der Waals surface area contributed by atoms with Crippen LogP contribution in [0.5, 0.6) is 0 Å². The summed E-state index contributed by atoms with van der Waals surface area (Å²) in [4.78, 5) is 18.6. The number of carboxylic acids is 1. The van der Waals surface area contributed by atoms with Crippen LogP contribution in [0.15, 0.2) is 36.5 Å². The fraction of sp³-hybridized carbons (Fsp3) is 0.429. The number of likely N-dealkylation sites (tertiary alicyclic amines) is 1. The Morgan fingerprint density at radius 1 is 1.16 bits per heavy atom. The lowest BCUT2D eigenvalue weighted by Gasteiger charge is -2.39. The van der Waals surface area contributed by atoms with E-state index in [0.29, 0.717) is 6.42 Å². The number of aliphatic carboxylic acids is 1. The van der Waals surface area contributed by atoms with Crippen LogP contribution < -0.4 is 0 Å². The van der Waals surface area contributed by atoms with Crippen molar-refractivity contribution in [2.45, 2.75) is 52.1 Å². The van der Waals surface area contributed by atoms with Crippen molar-refractivity contribution >= 4 is 5.97 Å². The fourth-order valence-electron chi connectivity index (χ4n) is 3.81. The molecule has 132 valence electrons. The van der Waals surface area contributed by atoms with E-state index in [-0.39, 0.29) is 6.04 Å². The predicted octanol–water partition coefficient (Wildman–Crippen LogP) is 4.04. The molecule has 1 aliphatic rings. The number of nitrogens with zero attached hydrogens (tertiary/aromatic N) is 2. The van der Waals surface area contributed by atoms with Gasteiger partial charge in [0.15, 0.2) is 0 Å². The molecule has 0 bridgehead atoms. The van der Waals surface area contributed by atoms with Crippen LogP contribution in [0.3, 0.4) is 0 Å². The second kappa shape index (κ2) is 7.36. The summed E-state index contributed by atoms with van der Waals surface area (Å²) in [6.45, 7) is 6.98. The molecular formula is C21H26N2O2. The summed E-state index contributed by atoms with van der Waals surface area (Å²) in [7, 11) is 0. The van der Waals surface area contributed by atoms with Gasteiger partial charge in [-0.15, -0.1) is 0 Å². The molecule has 4 heteroatoms. The third-order valence-corrected chi connectivity index (χ3v) is 5.10. The highest BCUT2D eigenvalue weighted by molar-refractivity contribution is 5.73. The maximum absolute atomic E-state index is 11.9. The first-order chi connectivity index (χ1) is 12.0. The zero-order valence-electron chi connectivity index (χ0n) is 15.2. The first-order valence-electron chi connectivity index (χ1n) is 8.95. The highest BCUT2D eigenvalue weighted by atomic mass is 16.4. The van der Waals surface area contributed by atoms with Gasteiger partial charge < -0.3 is 5.11 Å². The number of piperidine rings is 1. The molecular weight excluding hydrogens is 312 g/mol. The highest BCUT2D eigenvalue weighted by Gasteiger charge is 2.36. The number of hydrogen-bond acceptors (Lipinski definition) is 3. The number of pyridine rings is 1. The summed E-state index contributed by atoms with van der Waals surface area (Å²) in [6.07, 6.45) is 4.56. The molecule has 2 heterocycles. The Labute approximate surface area is 149 Å². The number of carbonyl (C=O) groups is 1. The molecule has 0 amide bonds. The third kappa shape index (κ3) is 3.74. The number of rotatable bonds is 4. The van der Waals surface area contributed by atoms with E-state index in [1.165, 1.54) is 11.1 Å². The van der Waals surface area contributed by atoms with Gasteiger partial charge in [-0.3, -0.25) is 14.7 Å². The molecule has 1 aliphatic heterocycles. The van der Waals surface area contributed by atoms with E-state index in [1.54, 1.807) is 0 Å². The normalized spacial score (nSPS) is 19.6. The largest absolute Gasteiger partial charge is 0.480 e. The number of aromatic nitrogens is 1. The maximum Gasteiger partial charge on any atom is 0.320 e. The molecule has 25 heavy (non-hydrogen) atoms. The van der Waals surface area contributed by atoms with Gasteiger partial charge in [-0.05, 0) is 62.9 Å². The molecule has 2 aromatic rings. The lowest BCUT2D eigenvalue weighted by Crippen LogP contribution is -2.47. The van der Waals surface area contributed by atoms with Gasteiger partial charge >= 0.3 is 5.97 Å². The fourth-order valence-corrected chi connectivity index (χ4v) is 3.81. The van der Waals surface area contributed by atoms with Crippen molar-refractivity contribution in [2.24, 2.45) is 0 Å². The maximum atomic E-state index is 11.9. The molecule has 1 saturated heterocycles. The number of aryl methyl sites for hydroxylation is 3. The van der Waals surface area contributed by atoms with Crippen molar-refractivity contribution in [3.8, 4) is 0 Å². The molecule has 0 radical (unpaired) electrons. The Hall–Kier alpha value is -2.20. The van der Waals surface area contributed by atoms with Crippen LogP contribution in [0.2, 0.25) is 0 Å². The molecule has 0 saturated carbocycles. The smallest absolute Gasteiger partial charge is 0.320 e. The van der Waals surface area contributed by atoms with Gasteiger partial charge in [-0.1, -0.05) is 36.2 Å². The van der Waals surface area contributed by atoms with Crippen LogP contribution in [0.1, 0.15) is 53.3 Å². The van der Waals surface area contributed by atoms with Crippen LogP contribution in [0.25, 0.3) is 0 Å². The summed E-state index contributed by atoms with van der Waals surface area (Å²) in [5.41, 5.74) is 5.57. The summed E-state index contributed by atoms with van der Waals surface area (Å²) in [6, 6.07) is 9.90. The highest BCUT2D eigenvalue weighted by Crippen LogP contribution is 2.35. The van der Waals surface area contributed by atoms with E-state index in [4.69, 9.17) is 0 Å². The van der Waals surface area contributed by atoms with Gasteiger partial charge in [0.2, 0.25) is 0 Å².